The van der Waals surface area contributed by atoms with E-state index >= 15 is 0 Å². The van der Waals surface area contributed by atoms with Gasteiger partial charge in [0.15, 0.2) is 0 Å². The first-order valence-corrected chi connectivity index (χ1v) is 8.45. The predicted molar refractivity (Wildman–Crippen MR) is 92.1 cm³/mol. The van der Waals surface area contributed by atoms with E-state index in [1.807, 2.05) is 19.1 Å². The molecule has 1 N–H and O–H groups in total. The number of likely N-dealkylation sites (tertiary alicyclic amines) is 1. The van der Waals surface area contributed by atoms with Crippen molar-refractivity contribution >= 4 is 11.6 Å². The van der Waals surface area contributed by atoms with Crippen molar-refractivity contribution in [3.05, 3.63) is 23.5 Å². The molecule has 3 heterocycles. The zero-order chi connectivity index (χ0) is 16.4. The lowest BCUT2D eigenvalue weighted by molar-refractivity contribution is 0.0958. The van der Waals surface area contributed by atoms with Gasteiger partial charge in [0.05, 0.1) is 11.4 Å². The number of aryl methyl sites for hydroxylation is 1. The Labute approximate surface area is 138 Å². The standard InChI is InChI=1S/C17H27N5O/c1-13-16(5-4-15(19-13)17(23)18-2)22-10-8-21(9-11-22)14-6-7-20(3)12-14/h4-5,14H,6-12H2,1-3H3,(H,18,23)/t14-/m1/s1. The molecule has 0 aliphatic carbocycles. The summed E-state index contributed by atoms with van der Waals surface area (Å²) >= 11 is 0. The third-order valence-electron chi connectivity index (χ3n) is 5.06. The van der Waals surface area contributed by atoms with Crippen molar-refractivity contribution in [2.24, 2.45) is 0 Å². The highest BCUT2D eigenvalue weighted by molar-refractivity contribution is 5.92. The zero-order valence-corrected chi connectivity index (χ0v) is 14.4. The van der Waals surface area contributed by atoms with Gasteiger partial charge in [-0.1, -0.05) is 0 Å². The number of hydrogen-bond acceptors (Lipinski definition) is 5. The number of hydrogen-bond donors (Lipinski definition) is 1. The number of amides is 1. The average molecular weight is 317 g/mol. The summed E-state index contributed by atoms with van der Waals surface area (Å²) in [7, 11) is 3.84. The van der Waals surface area contributed by atoms with Crippen molar-refractivity contribution < 1.29 is 4.79 Å². The zero-order valence-electron chi connectivity index (χ0n) is 14.4. The predicted octanol–water partition coefficient (Wildman–Crippen LogP) is 0.576. The Morgan fingerprint density at radius 3 is 2.52 bits per heavy atom. The first-order chi connectivity index (χ1) is 11.1. The molecule has 0 spiro atoms. The van der Waals surface area contributed by atoms with Crippen LogP contribution in [0.2, 0.25) is 0 Å². The van der Waals surface area contributed by atoms with Crippen molar-refractivity contribution in [3.8, 4) is 0 Å². The SMILES string of the molecule is CNC(=O)c1ccc(N2CCN([C@@H]3CCN(C)C3)CC2)c(C)n1. The summed E-state index contributed by atoms with van der Waals surface area (Å²) in [5, 5.41) is 2.62. The van der Waals surface area contributed by atoms with Gasteiger partial charge in [0.25, 0.3) is 5.91 Å². The van der Waals surface area contributed by atoms with Gasteiger partial charge in [0.2, 0.25) is 0 Å². The molecule has 0 unspecified atom stereocenters. The van der Waals surface area contributed by atoms with Gasteiger partial charge in [-0.05, 0) is 39.1 Å². The number of aromatic nitrogens is 1. The van der Waals surface area contributed by atoms with Crippen molar-refractivity contribution in [3.63, 3.8) is 0 Å². The fourth-order valence-electron chi connectivity index (χ4n) is 3.68. The lowest BCUT2D eigenvalue weighted by atomic mass is 10.1. The van der Waals surface area contributed by atoms with Gasteiger partial charge in [-0.2, -0.15) is 0 Å². The minimum atomic E-state index is -0.130. The number of pyridine rings is 1. The number of carbonyl (C=O) groups is 1. The molecule has 1 aromatic heterocycles. The molecule has 2 fully saturated rings. The number of anilines is 1. The number of piperazine rings is 1. The maximum absolute atomic E-state index is 11.7. The lowest BCUT2D eigenvalue weighted by Gasteiger charge is -2.39. The Bertz CT molecular complexity index is 568. The molecule has 2 aliphatic heterocycles. The van der Waals surface area contributed by atoms with Crippen molar-refractivity contribution in [2.75, 3.05) is 58.3 Å². The Morgan fingerprint density at radius 1 is 1.22 bits per heavy atom. The molecule has 1 aromatic rings. The molecular formula is C17H27N5O. The number of carbonyl (C=O) groups excluding carboxylic acids is 1. The minimum Gasteiger partial charge on any atom is -0.368 e. The van der Waals surface area contributed by atoms with Crippen LogP contribution in [0.4, 0.5) is 5.69 Å². The lowest BCUT2D eigenvalue weighted by Crippen LogP contribution is -2.51. The minimum absolute atomic E-state index is 0.130. The maximum atomic E-state index is 11.7. The van der Waals surface area contributed by atoms with Crippen LogP contribution in [-0.4, -0.2) is 80.1 Å². The van der Waals surface area contributed by atoms with Gasteiger partial charge in [0, 0.05) is 45.8 Å². The van der Waals surface area contributed by atoms with E-state index in [1.54, 1.807) is 7.05 Å². The van der Waals surface area contributed by atoms with Gasteiger partial charge in [-0.3, -0.25) is 9.69 Å². The fourth-order valence-corrected chi connectivity index (χ4v) is 3.68. The van der Waals surface area contributed by atoms with E-state index < -0.39 is 0 Å². The summed E-state index contributed by atoms with van der Waals surface area (Å²) in [5.41, 5.74) is 2.57. The number of likely N-dealkylation sites (N-methyl/N-ethyl adjacent to an activating group) is 1. The molecule has 2 aliphatic rings. The van der Waals surface area contributed by atoms with E-state index in [9.17, 15) is 4.79 Å². The largest absolute Gasteiger partial charge is 0.368 e. The Morgan fingerprint density at radius 2 is 1.96 bits per heavy atom. The van der Waals surface area contributed by atoms with Crippen LogP contribution in [0.15, 0.2) is 12.1 Å². The molecule has 0 aromatic carbocycles. The summed E-state index contributed by atoms with van der Waals surface area (Å²) in [5.74, 6) is -0.130. The van der Waals surface area contributed by atoms with Crippen LogP contribution in [0, 0.1) is 6.92 Å². The van der Waals surface area contributed by atoms with Crippen LogP contribution in [0.1, 0.15) is 22.6 Å². The van der Waals surface area contributed by atoms with E-state index in [4.69, 9.17) is 0 Å². The molecule has 3 rings (SSSR count). The van der Waals surface area contributed by atoms with Gasteiger partial charge in [-0.25, -0.2) is 4.98 Å². The second-order valence-electron chi connectivity index (χ2n) is 6.61. The van der Waals surface area contributed by atoms with Crippen LogP contribution in [0.5, 0.6) is 0 Å². The molecule has 23 heavy (non-hydrogen) atoms. The van der Waals surface area contributed by atoms with Crippen LogP contribution < -0.4 is 10.2 Å². The topological polar surface area (TPSA) is 51.7 Å². The molecule has 6 nitrogen and oxygen atoms in total. The van der Waals surface area contributed by atoms with Gasteiger partial charge in [-0.15, -0.1) is 0 Å². The average Bonchev–Trinajstić information content (AvgIpc) is 3.00. The van der Waals surface area contributed by atoms with Crippen molar-refractivity contribution in [1.29, 1.82) is 0 Å². The molecule has 1 atom stereocenters. The Kier molecular flexibility index (Phi) is 4.82. The Balaban J connectivity index is 1.62. The van der Waals surface area contributed by atoms with Crippen molar-refractivity contribution in [1.82, 2.24) is 20.1 Å². The first kappa shape index (κ1) is 16.2. The summed E-state index contributed by atoms with van der Waals surface area (Å²) in [6, 6.07) is 4.57. The van der Waals surface area contributed by atoms with Gasteiger partial charge < -0.3 is 15.1 Å². The Hall–Kier alpha value is -1.66. The number of nitrogens with one attached hydrogen (secondary N) is 1. The molecule has 6 heteroatoms. The molecule has 1 amide bonds. The first-order valence-electron chi connectivity index (χ1n) is 8.45. The highest BCUT2D eigenvalue weighted by atomic mass is 16.1. The number of nitrogens with zero attached hydrogens (tertiary/aromatic N) is 4. The van der Waals surface area contributed by atoms with Gasteiger partial charge >= 0.3 is 0 Å². The third-order valence-corrected chi connectivity index (χ3v) is 5.06. The summed E-state index contributed by atoms with van der Waals surface area (Å²) < 4.78 is 0. The molecule has 2 saturated heterocycles. The second-order valence-corrected chi connectivity index (χ2v) is 6.61. The molecule has 0 saturated carbocycles. The van der Waals surface area contributed by atoms with Gasteiger partial charge in [0.1, 0.15) is 5.69 Å². The van der Waals surface area contributed by atoms with E-state index in [1.165, 1.54) is 19.5 Å². The van der Waals surface area contributed by atoms with Crippen LogP contribution in [-0.2, 0) is 0 Å². The second kappa shape index (κ2) is 6.84. The molecule has 0 bridgehead atoms. The highest BCUT2D eigenvalue weighted by Crippen LogP contribution is 2.22. The number of rotatable bonds is 3. The maximum Gasteiger partial charge on any atom is 0.269 e. The summed E-state index contributed by atoms with van der Waals surface area (Å²) in [6.45, 7) is 8.67. The van der Waals surface area contributed by atoms with E-state index in [-0.39, 0.29) is 5.91 Å². The molecule has 0 radical (unpaired) electrons. The van der Waals surface area contributed by atoms with Crippen LogP contribution >= 0.6 is 0 Å². The summed E-state index contributed by atoms with van der Waals surface area (Å²) in [4.78, 5) is 23.6. The molecular weight excluding hydrogens is 290 g/mol. The smallest absolute Gasteiger partial charge is 0.269 e. The monoisotopic (exact) mass is 317 g/mol. The van der Waals surface area contributed by atoms with E-state index in [2.05, 4.69) is 32.0 Å². The van der Waals surface area contributed by atoms with Crippen molar-refractivity contribution in [2.45, 2.75) is 19.4 Å². The summed E-state index contributed by atoms with van der Waals surface area (Å²) in [6.07, 6.45) is 1.29. The van der Waals surface area contributed by atoms with E-state index in [0.29, 0.717) is 5.69 Å². The normalized spacial score (nSPS) is 23.3. The molecule has 126 valence electrons. The fraction of sp³-hybridized carbons (Fsp3) is 0.647. The third kappa shape index (κ3) is 3.48. The van der Waals surface area contributed by atoms with E-state index in [0.717, 1.165) is 43.6 Å². The highest BCUT2D eigenvalue weighted by Gasteiger charge is 2.28. The van der Waals surface area contributed by atoms with Crippen LogP contribution in [0.25, 0.3) is 0 Å². The van der Waals surface area contributed by atoms with Crippen LogP contribution in [0.3, 0.4) is 0 Å². The quantitative estimate of drug-likeness (QED) is 0.884.